The van der Waals surface area contributed by atoms with Crippen LogP contribution in [-0.2, 0) is 42.5 Å². The molecule has 9 nitrogen and oxygen atoms in total. The SMILES string of the molecule is CC(=O)OC[C@H]1O[C@H](OC(C)=O)[C@H]2OC(C)=[O+][C@H]2[C@H]1OC(C)=O. The Morgan fingerprint density at radius 2 is 1.74 bits per heavy atom. The Bertz CT molecular complexity index is 526. The van der Waals surface area contributed by atoms with E-state index in [-0.39, 0.29) is 12.6 Å². The summed E-state index contributed by atoms with van der Waals surface area (Å²) in [5, 5.41) is 0. The second-order valence-electron chi connectivity index (χ2n) is 5.19. The van der Waals surface area contributed by atoms with Crippen LogP contribution in [0.4, 0.5) is 0 Å². The van der Waals surface area contributed by atoms with E-state index < -0.39 is 48.6 Å². The fourth-order valence-corrected chi connectivity index (χ4v) is 2.47. The molecule has 0 amide bonds. The molecule has 2 heterocycles. The Labute approximate surface area is 132 Å². The van der Waals surface area contributed by atoms with E-state index in [0.29, 0.717) is 0 Å². The average Bonchev–Trinajstić information content (AvgIpc) is 2.80. The number of hydrogen-bond donors (Lipinski definition) is 0. The largest absolute Gasteiger partial charge is 0.482 e. The molecule has 2 rings (SSSR count). The Morgan fingerprint density at radius 1 is 1.09 bits per heavy atom. The van der Waals surface area contributed by atoms with Gasteiger partial charge in [-0.25, -0.2) is 0 Å². The van der Waals surface area contributed by atoms with Crippen molar-refractivity contribution in [3.05, 3.63) is 0 Å². The summed E-state index contributed by atoms with van der Waals surface area (Å²) in [6.07, 6.45) is -4.32. The molecule has 0 aromatic carbocycles. The third kappa shape index (κ3) is 4.19. The van der Waals surface area contributed by atoms with Crippen LogP contribution in [0, 0.1) is 0 Å². The maximum absolute atomic E-state index is 11.4. The summed E-state index contributed by atoms with van der Waals surface area (Å²) in [6, 6.07) is 0. The highest BCUT2D eigenvalue weighted by atomic mass is 16.8. The predicted octanol–water partition coefficient (Wildman–Crippen LogP) is -0.381. The molecule has 0 spiro atoms. The first-order valence-electron chi connectivity index (χ1n) is 7.08. The summed E-state index contributed by atoms with van der Waals surface area (Å²) in [5.74, 6) is -1.40. The number of esters is 4. The molecule has 0 unspecified atom stereocenters. The van der Waals surface area contributed by atoms with Crippen LogP contribution in [0.25, 0.3) is 0 Å². The molecule has 9 heteroatoms. The van der Waals surface area contributed by atoms with Gasteiger partial charge < -0.3 is 28.1 Å². The second kappa shape index (κ2) is 6.95. The Morgan fingerprint density at radius 3 is 2.30 bits per heavy atom. The minimum Gasteiger partial charge on any atom is -0.463 e. The number of hydrogen-bond acceptors (Lipinski definition) is 8. The molecule has 0 aliphatic carbocycles. The van der Waals surface area contributed by atoms with Crippen molar-refractivity contribution in [3.63, 3.8) is 0 Å². The lowest BCUT2D eigenvalue weighted by atomic mass is 9.99. The van der Waals surface area contributed by atoms with Crippen LogP contribution in [0.1, 0.15) is 27.7 Å². The summed E-state index contributed by atoms with van der Waals surface area (Å²) >= 11 is 0. The summed E-state index contributed by atoms with van der Waals surface area (Å²) in [5.41, 5.74) is 0. The maximum atomic E-state index is 11.4. The van der Waals surface area contributed by atoms with Crippen LogP contribution in [0.5, 0.6) is 0 Å². The standard InChI is InChI=1S/C14H19O9/c1-6(15)18-5-10-11(19-7(2)16)12-13(22-9(4)21-12)14(23-10)20-8(3)17/h10-14H,5H2,1-4H3/q+1/t10-,11+,12+,13+,14+/m1/s1. The molecule has 0 saturated carbocycles. The highest BCUT2D eigenvalue weighted by Crippen LogP contribution is 2.31. The van der Waals surface area contributed by atoms with Gasteiger partial charge in [0.15, 0.2) is 0 Å². The summed E-state index contributed by atoms with van der Waals surface area (Å²) in [7, 11) is 0. The predicted molar refractivity (Wildman–Crippen MR) is 72.0 cm³/mol. The summed E-state index contributed by atoms with van der Waals surface area (Å²) < 4.78 is 31.8. The number of carbonyl (C=O) groups is 3. The molecule has 1 saturated heterocycles. The third-order valence-corrected chi connectivity index (χ3v) is 3.23. The van der Waals surface area contributed by atoms with Crippen LogP contribution in [-0.4, -0.2) is 61.2 Å². The molecule has 128 valence electrons. The number of fused-ring (bicyclic) bond motifs is 1. The van der Waals surface area contributed by atoms with Gasteiger partial charge in [0.2, 0.25) is 6.10 Å². The Balaban J connectivity index is 2.23. The summed E-state index contributed by atoms with van der Waals surface area (Å²) in [6.45, 7) is 5.10. The van der Waals surface area contributed by atoms with Crippen LogP contribution in [0.3, 0.4) is 0 Å². The van der Waals surface area contributed by atoms with E-state index in [0.717, 1.165) is 0 Å². The van der Waals surface area contributed by atoms with Crippen molar-refractivity contribution in [2.75, 3.05) is 6.61 Å². The molecule has 23 heavy (non-hydrogen) atoms. The fourth-order valence-electron chi connectivity index (χ4n) is 2.47. The first-order valence-corrected chi connectivity index (χ1v) is 7.08. The topological polar surface area (TPSA) is 109 Å². The molecular weight excluding hydrogens is 312 g/mol. The zero-order chi connectivity index (χ0) is 17.1. The van der Waals surface area contributed by atoms with Gasteiger partial charge >= 0.3 is 36.1 Å². The minimum absolute atomic E-state index is 0.184. The van der Waals surface area contributed by atoms with Crippen molar-refractivity contribution >= 4 is 23.9 Å². The van der Waals surface area contributed by atoms with E-state index in [1.54, 1.807) is 6.92 Å². The first kappa shape index (κ1) is 17.2. The molecule has 0 aromatic rings. The maximum Gasteiger partial charge on any atom is 0.482 e. The van der Waals surface area contributed by atoms with Crippen LogP contribution in [0.15, 0.2) is 0 Å². The molecule has 0 N–H and O–H groups in total. The molecule has 2 aliphatic rings. The van der Waals surface area contributed by atoms with Gasteiger partial charge in [-0.05, 0) is 0 Å². The number of carbonyl (C=O) groups excluding carboxylic acids is 4. The number of ether oxygens (including phenoxy) is 5. The van der Waals surface area contributed by atoms with Gasteiger partial charge in [-0.2, -0.15) is 0 Å². The molecule has 0 bridgehead atoms. The van der Waals surface area contributed by atoms with E-state index >= 15 is 0 Å². The lowest BCUT2D eigenvalue weighted by Crippen LogP contribution is -2.60. The van der Waals surface area contributed by atoms with Gasteiger partial charge in [-0.3, -0.25) is 14.4 Å². The van der Waals surface area contributed by atoms with Gasteiger partial charge in [0.05, 0.1) is 6.92 Å². The van der Waals surface area contributed by atoms with Crippen molar-refractivity contribution in [2.24, 2.45) is 0 Å². The van der Waals surface area contributed by atoms with Crippen molar-refractivity contribution in [1.29, 1.82) is 0 Å². The smallest absolute Gasteiger partial charge is 0.463 e. The molecule has 0 aromatic heterocycles. The van der Waals surface area contributed by atoms with Crippen LogP contribution >= 0.6 is 0 Å². The zero-order valence-electron chi connectivity index (χ0n) is 13.3. The molecule has 2 aliphatic heterocycles. The zero-order valence-corrected chi connectivity index (χ0v) is 13.3. The van der Waals surface area contributed by atoms with Crippen molar-refractivity contribution in [3.8, 4) is 0 Å². The molecule has 5 atom stereocenters. The van der Waals surface area contributed by atoms with Gasteiger partial charge in [-0.15, -0.1) is 0 Å². The Hall–Kier alpha value is -2.16. The Kier molecular flexibility index (Phi) is 5.19. The van der Waals surface area contributed by atoms with E-state index in [9.17, 15) is 14.4 Å². The fraction of sp³-hybridized carbons (Fsp3) is 0.714. The van der Waals surface area contributed by atoms with Gasteiger partial charge in [0, 0.05) is 20.8 Å². The lowest BCUT2D eigenvalue weighted by Gasteiger charge is -2.35. The highest BCUT2D eigenvalue weighted by Gasteiger charge is 2.61. The quantitative estimate of drug-likeness (QED) is 0.389. The lowest BCUT2D eigenvalue weighted by molar-refractivity contribution is -0.526. The van der Waals surface area contributed by atoms with Crippen molar-refractivity contribution < 1.29 is 42.5 Å². The monoisotopic (exact) mass is 331 g/mol. The number of rotatable bonds is 4. The van der Waals surface area contributed by atoms with Crippen LogP contribution in [0.2, 0.25) is 0 Å². The van der Waals surface area contributed by atoms with Gasteiger partial charge in [0.1, 0.15) is 12.7 Å². The van der Waals surface area contributed by atoms with E-state index in [1.165, 1.54) is 20.8 Å². The molecule has 0 radical (unpaired) electrons. The van der Waals surface area contributed by atoms with Crippen molar-refractivity contribution in [2.45, 2.75) is 58.4 Å². The second-order valence-corrected chi connectivity index (χ2v) is 5.19. The van der Waals surface area contributed by atoms with Crippen molar-refractivity contribution in [1.82, 2.24) is 0 Å². The van der Waals surface area contributed by atoms with E-state index in [2.05, 4.69) is 0 Å². The highest BCUT2D eigenvalue weighted by molar-refractivity contribution is 5.69. The first-order chi connectivity index (χ1) is 10.8. The summed E-state index contributed by atoms with van der Waals surface area (Å²) in [4.78, 5) is 33.6. The van der Waals surface area contributed by atoms with E-state index in [4.69, 9.17) is 28.1 Å². The van der Waals surface area contributed by atoms with Gasteiger partial charge in [-0.1, -0.05) is 0 Å². The third-order valence-electron chi connectivity index (χ3n) is 3.23. The molecular formula is C14H19O9+. The van der Waals surface area contributed by atoms with E-state index in [1.807, 2.05) is 0 Å². The normalized spacial score (nSPS) is 32.2. The van der Waals surface area contributed by atoms with Gasteiger partial charge in [0.25, 0.3) is 6.29 Å². The van der Waals surface area contributed by atoms with Crippen LogP contribution < -0.4 is 0 Å². The minimum atomic E-state index is -1.07. The average molecular weight is 331 g/mol. The molecule has 1 fully saturated rings.